The van der Waals surface area contributed by atoms with Crippen LogP contribution in [0.25, 0.3) is 0 Å². The van der Waals surface area contributed by atoms with Gasteiger partial charge >= 0.3 is 0 Å². The largest absolute Gasteiger partial charge is 0.375 e. The number of hydrogen-bond donors (Lipinski definition) is 1. The van der Waals surface area contributed by atoms with Crippen LogP contribution in [0.5, 0.6) is 0 Å². The van der Waals surface area contributed by atoms with Crippen LogP contribution in [0.2, 0.25) is 0 Å². The summed E-state index contributed by atoms with van der Waals surface area (Å²) in [7, 11) is 0. The van der Waals surface area contributed by atoms with Gasteiger partial charge in [-0.3, -0.25) is 10.1 Å². The maximum atomic E-state index is 12.4. The lowest BCUT2D eigenvalue weighted by Crippen LogP contribution is -2.02. The second-order valence-corrected chi connectivity index (χ2v) is 5.23. The Morgan fingerprint density at radius 1 is 1.19 bits per heavy atom. The number of nitrogens with zero attached hydrogens (tertiary/aromatic N) is 1. The van der Waals surface area contributed by atoms with Gasteiger partial charge in [0.15, 0.2) is 0 Å². The van der Waals surface area contributed by atoms with Gasteiger partial charge in [-0.15, -0.1) is 0 Å². The van der Waals surface area contributed by atoms with Crippen LogP contribution < -0.4 is 5.32 Å². The molecule has 0 spiro atoms. The van der Waals surface area contributed by atoms with Gasteiger partial charge in [-0.1, -0.05) is 40.2 Å². The Hall–Kier alpha value is -2.02. The third-order valence-electron chi connectivity index (χ3n) is 2.87. The lowest BCUT2D eigenvalue weighted by Gasteiger charge is -2.08. The summed E-state index contributed by atoms with van der Waals surface area (Å²) in [4.78, 5) is 10.5. The molecule has 0 aliphatic heterocycles. The minimum absolute atomic E-state index is 0.0476. The van der Waals surface area contributed by atoms with Gasteiger partial charge in [-0.05, 0) is 17.7 Å². The van der Waals surface area contributed by atoms with Gasteiger partial charge in [0.25, 0.3) is 12.1 Å². The molecule has 7 heteroatoms. The van der Waals surface area contributed by atoms with E-state index in [1.807, 2.05) is 0 Å². The first-order valence-corrected chi connectivity index (χ1v) is 6.81. The smallest absolute Gasteiger partial charge is 0.293 e. The Morgan fingerprint density at radius 3 is 2.43 bits per heavy atom. The van der Waals surface area contributed by atoms with Crippen molar-refractivity contribution in [2.24, 2.45) is 0 Å². The Kier molecular flexibility index (Phi) is 4.85. The molecule has 1 N–H and O–H groups in total. The van der Waals surface area contributed by atoms with Gasteiger partial charge in [0.2, 0.25) is 0 Å². The van der Waals surface area contributed by atoms with E-state index in [0.717, 1.165) is 5.56 Å². The Labute approximate surface area is 128 Å². The molecule has 0 heterocycles. The molecule has 2 aromatic rings. The fourth-order valence-electron chi connectivity index (χ4n) is 1.78. The monoisotopic (exact) mass is 356 g/mol. The van der Waals surface area contributed by atoms with Crippen molar-refractivity contribution in [2.75, 3.05) is 5.32 Å². The van der Waals surface area contributed by atoms with Crippen molar-refractivity contribution in [3.05, 3.63) is 68.2 Å². The number of benzene rings is 2. The van der Waals surface area contributed by atoms with Crippen LogP contribution in [0.15, 0.2) is 46.9 Å². The normalized spacial score (nSPS) is 10.7. The van der Waals surface area contributed by atoms with Crippen LogP contribution in [0, 0.1) is 10.1 Å². The van der Waals surface area contributed by atoms with E-state index in [1.165, 1.54) is 18.2 Å². The molecular weight excluding hydrogens is 346 g/mol. The lowest BCUT2D eigenvalue weighted by molar-refractivity contribution is -0.384. The summed E-state index contributed by atoms with van der Waals surface area (Å²) in [5, 5.41) is 13.9. The third kappa shape index (κ3) is 3.98. The van der Waals surface area contributed by atoms with E-state index in [9.17, 15) is 18.9 Å². The number of nitro benzene ring substituents is 1. The molecule has 0 fully saturated rings. The first kappa shape index (κ1) is 15.4. The molecule has 0 aromatic heterocycles. The maximum absolute atomic E-state index is 12.4. The van der Waals surface area contributed by atoms with Crippen molar-refractivity contribution in [3.8, 4) is 0 Å². The molecule has 0 aliphatic carbocycles. The Bertz CT molecular complexity index is 648. The quantitative estimate of drug-likeness (QED) is 0.611. The highest BCUT2D eigenvalue weighted by molar-refractivity contribution is 9.10. The fraction of sp³-hybridized carbons (Fsp3) is 0.143. The van der Waals surface area contributed by atoms with Crippen LogP contribution in [0.1, 0.15) is 17.6 Å². The number of rotatable bonds is 5. The zero-order valence-corrected chi connectivity index (χ0v) is 12.3. The average molecular weight is 357 g/mol. The number of halogens is 3. The summed E-state index contributed by atoms with van der Waals surface area (Å²) in [5.74, 6) is 0. The summed E-state index contributed by atoms with van der Waals surface area (Å²) in [6, 6.07) is 10.5. The summed E-state index contributed by atoms with van der Waals surface area (Å²) < 4.78 is 25.5. The molecule has 0 unspecified atom stereocenters. The van der Waals surface area contributed by atoms with Gasteiger partial charge in [0.1, 0.15) is 5.69 Å². The summed E-state index contributed by atoms with van der Waals surface area (Å²) in [5.41, 5.74) is 1.04. The van der Waals surface area contributed by atoms with Gasteiger partial charge in [-0.25, -0.2) is 8.78 Å². The van der Waals surface area contributed by atoms with E-state index in [-0.39, 0.29) is 11.3 Å². The first-order chi connectivity index (χ1) is 9.97. The van der Waals surface area contributed by atoms with E-state index in [0.29, 0.717) is 16.7 Å². The van der Waals surface area contributed by atoms with Crippen molar-refractivity contribution < 1.29 is 13.7 Å². The number of hydrogen-bond acceptors (Lipinski definition) is 3. The summed E-state index contributed by atoms with van der Waals surface area (Å²) in [6.07, 6.45) is -2.50. The highest BCUT2D eigenvalue weighted by Gasteiger charge is 2.14. The SMILES string of the molecule is O=[N+]([O-])c1cc(Br)ccc1NCc1ccc(C(F)F)cc1. The van der Waals surface area contributed by atoms with Crippen LogP contribution in [0.4, 0.5) is 20.2 Å². The topological polar surface area (TPSA) is 55.2 Å². The number of alkyl halides is 2. The van der Waals surface area contributed by atoms with Gasteiger partial charge in [0.05, 0.1) is 4.92 Å². The van der Waals surface area contributed by atoms with Crippen molar-refractivity contribution in [1.82, 2.24) is 0 Å². The molecule has 0 saturated heterocycles. The van der Waals surface area contributed by atoms with Crippen LogP contribution in [-0.4, -0.2) is 4.92 Å². The second-order valence-electron chi connectivity index (χ2n) is 4.31. The molecule has 0 bridgehead atoms. The highest BCUT2D eigenvalue weighted by Crippen LogP contribution is 2.28. The molecule has 0 radical (unpaired) electrons. The minimum Gasteiger partial charge on any atom is -0.375 e. The maximum Gasteiger partial charge on any atom is 0.293 e. The zero-order chi connectivity index (χ0) is 15.4. The van der Waals surface area contributed by atoms with Gasteiger partial charge in [0, 0.05) is 22.6 Å². The van der Waals surface area contributed by atoms with E-state index in [4.69, 9.17) is 0 Å². The summed E-state index contributed by atoms with van der Waals surface area (Å²) in [6.45, 7) is 0.311. The first-order valence-electron chi connectivity index (χ1n) is 6.02. The number of nitrogens with one attached hydrogen (secondary N) is 1. The van der Waals surface area contributed by atoms with Crippen LogP contribution in [-0.2, 0) is 6.54 Å². The van der Waals surface area contributed by atoms with Crippen molar-refractivity contribution in [2.45, 2.75) is 13.0 Å². The molecule has 0 amide bonds. The Balaban J connectivity index is 2.11. The average Bonchev–Trinajstić information content (AvgIpc) is 2.46. The molecule has 2 rings (SSSR count). The molecule has 0 atom stereocenters. The Morgan fingerprint density at radius 2 is 1.86 bits per heavy atom. The second kappa shape index (κ2) is 6.62. The van der Waals surface area contributed by atoms with Crippen molar-refractivity contribution in [3.63, 3.8) is 0 Å². The molecule has 4 nitrogen and oxygen atoms in total. The van der Waals surface area contributed by atoms with Crippen LogP contribution >= 0.6 is 15.9 Å². The number of nitro groups is 1. The zero-order valence-electron chi connectivity index (χ0n) is 10.7. The van der Waals surface area contributed by atoms with Crippen molar-refractivity contribution >= 4 is 27.3 Å². The van der Waals surface area contributed by atoms with Gasteiger partial charge in [-0.2, -0.15) is 0 Å². The van der Waals surface area contributed by atoms with E-state index in [1.54, 1.807) is 24.3 Å². The molecule has 0 aliphatic rings. The summed E-state index contributed by atoms with van der Waals surface area (Å²) >= 11 is 3.18. The van der Waals surface area contributed by atoms with Gasteiger partial charge < -0.3 is 5.32 Å². The van der Waals surface area contributed by atoms with Crippen LogP contribution in [0.3, 0.4) is 0 Å². The molecule has 21 heavy (non-hydrogen) atoms. The van der Waals surface area contributed by atoms with Crippen molar-refractivity contribution in [1.29, 1.82) is 0 Å². The molecule has 0 saturated carbocycles. The van der Waals surface area contributed by atoms with E-state index >= 15 is 0 Å². The van der Waals surface area contributed by atoms with E-state index in [2.05, 4.69) is 21.2 Å². The standard InChI is InChI=1S/C14H11BrF2N2O2/c15-11-5-6-12(13(7-11)19(20)21)18-8-9-1-3-10(4-2-9)14(16)17/h1-7,14,18H,8H2. The lowest BCUT2D eigenvalue weighted by atomic mass is 10.1. The predicted molar refractivity (Wildman–Crippen MR) is 79.5 cm³/mol. The fourth-order valence-corrected chi connectivity index (χ4v) is 2.13. The highest BCUT2D eigenvalue weighted by atomic mass is 79.9. The molecule has 110 valence electrons. The molecular formula is C14H11BrF2N2O2. The third-order valence-corrected chi connectivity index (χ3v) is 3.36. The van der Waals surface area contributed by atoms with E-state index < -0.39 is 11.3 Å². The number of anilines is 1. The minimum atomic E-state index is -2.50. The predicted octanol–water partition coefficient (Wildman–Crippen LogP) is 4.91. The molecule has 2 aromatic carbocycles.